The lowest BCUT2D eigenvalue weighted by atomic mass is 9.82. The first-order chi connectivity index (χ1) is 26.5. The van der Waals surface area contributed by atoms with Crippen molar-refractivity contribution < 1.29 is 29.1 Å². The van der Waals surface area contributed by atoms with Crippen molar-refractivity contribution in [2.45, 2.75) is 76.0 Å². The highest BCUT2D eigenvalue weighted by Crippen LogP contribution is 2.60. The van der Waals surface area contributed by atoms with Crippen LogP contribution in [0.25, 0.3) is 0 Å². The number of carbonyl (C=O) groups is 2. The van der Waals surface area contributed by atoms with Crippen LogP contribution in [0.15, 0.2) is 72.9 Å². The summed E-state index contributed by atoms with van der Waals surface area (Å²) in [5, 5.41) is 37.5. The van der Waals surface area contributed by atoms with Gasteiger partial charge in [0.1, 0.15) is 5.75 Å². The number of rotatable bonds is 13. The predicted molar refractivity (Wildman–Crippen MR) is 210 cm³/mol. The third kappa shape index (κ3) is 7.28. The number of amides is 2. The first kappa shape index (κ1) is 38.3. The van der Waals surface area contributed by atoms with E-state index in [1.165, 1.54) is 17.3 Å². The van der Waals surface area contributed by atoms with Crippen LogP contribution in [0.3, 0.4) is 0 Å². The molecule has 55 heavy (non-hydrogen) atoms. The van der Waals surface area contributed by atoms with Gasteiger partial charge < -0.3 is 30.1 Å². The first-order valence-electron chi connectivity index (χ1n) is 19.0. The summed E-state index contributed by atoms with van der Waals surface area (Å²) < 4.78 is 14.4. The van der Waals surface area contributed by atoms with Crippen LogP contribution in [0.2, 0.25) is 18.6 Å². The lowest BCUT2D eigenvalue weighted by molar-refractivity contribution is -0.385. The summed E-state index contributed by atoms with van der Waals surface area (Å²) in [5.74, 6) is 0.0509. The van der Waals surface area contributed by atoms with Crippen molar-refractivity contribution in [3.05, 3.63) is 99.9 Å². The van der Waals surface area contributed by atoms with Gasteiger partial charge in [0, 0.05) is 61.6 Å². The van der Waals surface area contributed by atoms with Crippen molar-refractivity contribution in [1.29, 1.82) is 0 Å². The number of aryl methyl sites for hydroxylation is 1. The number of benzene rings is 3. The second-order valence-electron chi connectivity index (χ2n) is 15.5. The Hall–Kier alpha value is -4.96. The fraction of sp³-hybridized carbons (Fsp3) is 0.450. The molecule has 3 N–H and O–H groups in total. The van der Waals surface area contributed by atoms with Gasteiger partial charge in [-0.2, -0.15) is 0 Å². The molecule has 3 aliphatic rings. The van der Waals surface area contributed by atoms with E-state index in [-0.39, 0.29) is 48.0 Å². The summed E-state index contributed by atoms with van der Waals surface area (Å²) in [5.41, 5.74) is 1.62. The number of aromatic nitrogens is 3. The topological polar surface area (TPSA) is 174 Å². The number of nitro benzene ring substituents is 1. The van der Waals surface area contributed by atoms with Crippen LogP contribution >= 0.6 is 0 Å². The Morgan fingerprint density at radius 1 is 1.16 bits per heavy atom. The minimum absolute atomic E-state index is 0.0147. The highest BCUT2D eigenvalue weighted by atomic mass is 28.3. The van der Waals surface area contributed by atoms with E-state index in [4.69, 9.17) is 9.47 Å². The molecule has 2 amide bonds. The van der Waals surface area contributed by atoms with E-state index in [1.54, 1.807) is 22.8 Å². The third-order valence-corrected chi connectivity index (χ3v) is 16.2. The number of non-ortho nitro benzene ring substituents is 1. The molecule has 4 aromatic rings. The number of methoxy groups -OCH3 is 1. The van der Waals surface area contributed by atoms with Crippen molar-refractivity contribution in [3.63, 3.8) is 0 Å². The Morgan fingerprint density at radius 2 is 1.93 bits per heavy atom. The molecule has 1 unspecified atom stereocenters. The maximum absolute atomic E-state index is 15.2. The summed E-state index contributed by atoms with van der Waals surface area (Å²) in [6.07, 6.45) is 4.15. The number of nitro groups is 1. The van der Waals surface area contributed by atoms with Gasteiger partial charge in [-0.15, -0.1) is 5.10 Å². The zero-order valence-corrected chi connectivity index (χ0v) is 32.7. The van der Waals surface area contributed by atoms with E-state index < -0.39 is 24.7 Å². The number of carbonyl (C=O) groups excluding carboxylic acids is 2. The third-order valence-electron chi connectivity index (χ3n) is 11.9. The standard InChI is InChI=1S/C40H49N7O7Si/c1-26-37(55(3,4)33-14-12-32(53-2)13-15-33)36(17-20-45-25-30(18-21-48)43-44-45)54-40(26)34-22-31(47(51)52)11-16-35(34)46(39(40)50)24-27-7-9-29(10-8-27)42-38(49)28-6-5-19-41-23-28/h7-16,22,25-26,28,36-37,41,48H,5-6,17-21,23-24H2,1-4H3,(H,42,49)/t26-,28?,36+,37-,40+/m1/s1. The number of hydrogen-bond donors (Lipinski definition) is 3. The zero-order valence-electron chi connectivity index (χ0n) is 31.7. The first-order valence-corrected chi connectivity index (χ1v) is 22.1. The number of fused-ring (bicyclic) bond motifs is 2. The van der Waals surface area contributed by atoms with Crippen LogP contribution in [-0.2, 0) is 39.4 Å². The fourth-order valence-electron chi connectivity index (χ4n) is 8.97. The van der Waals surface area contributed by atoms with Gasteiger partial charge in [-0.3, -0.25) is 24.4 Å². The SMILES string of the molecule is COc1ccc([Si](C)(C)[C@H]2[C@H](CCn3cc(CCO)nn3)O[C@@]3(C(=O)N(Cc4ccc(NC(=O)C5CCCNC5)cc4)c4ccc([N+](=O)[O-])cc43)[C@@H]2C)cc1. The molecule has 2 fully saturated rings. The van der Waals surface area contributed by atoms with E-state index in [2.05, 4.69) is 53.1 Å². The maximum Gasteiger partial charge on any atom is 0.269 e. The molecule has 1 spiro atoms. The summed E-state index contributed by atoms with van der Waals surface area (Å²) >= 11 is 0. The van der Waals surface area contributed by atoms with E-state index >= 15 is 4.79 Å². The molecule has 1 aromatic heterocycles. The van der Waals surface area contributed by atoms with Crippen molar-refractivity contribution >= 4 is 42.1 Å². The van der Waals surface area contributed by atoms with Gasteiger partial charge in [0.15, 0.2) is 5.60 Å². The van der Waals surface area contributed by atoms with Crippen molar-refractivity contribution in [2.75, 3.05) is 37.0 Å². The average Bonchev–Trinajstić information content (AvgIpc) is 3.84. The van der Waals surface area contributed by atoms with Crippen molar-refractivity contribution in [2.24, 2.45) is 11.8 Å². The van der Waals surface area contributed by atoms with E-state index in [0.717, 1.165) is 30.7 Å². The van der Waals surface area contributed by atoms with Gasteiger partial charge in [-0.1, -0.05) is 54.7 Å². The van der Waals surface area contributed by atoms with E-state index in [1.807, 2.05) is 42.6 Å². The zero-order chi connectivity index (χ0) is 38.9. The Bertz CT molecular complexity index is 2030. The molecular weight excluding hydrogens is 719 g/mol. The Kier molecular flexibility index (Phi) is 10.9. The number of nitrogens with one attached hydrogen (secondary N) is 2. The smallest absolute Gasteiger partial charge is 0.269 e. The second-order valence-corrected chi connectivity index (χ2v) is 20.2. The van der Waals surface area contributed by atoms with Crippen molar-refractivity contribution in [1.82, 2.24) is 20.3 Å². The lowest BCUT2D eigenvalue weighted by Gasteiger charge is -2.37. The van der Waals surface area contributed by atoms with Crippen molar-refractivity contribution in [3.8, 4) is 5.75 Å². The predicted octanol–water partition coefficient (Wildman–Crippen LogP) is 4.52. The van der Waals surface area contributed by atoms with E-state index in [9.17, 15) is 20.0 Å². The molecule has 0 aliphatic carbocycles. The van der Waals surface area contributed by atoms with Gasteiger partial charge >= 0.3 is 0 Å². The fourth-order valence-corrected chi connectivity index (χ4v) is 13.0. The Balaban J connectivity index is 1.23. The molecule has 14 nitrogen and oxygen atoms in total. The van der Waals surface area contributed by atoms with Gasteiger partial charge in [0.2, 0.25) is 5.91 Å². The normalized spacial score (nSPS) is 23.6. The maximum atomic E-state index is 15.2. The number of nitrogens with zero attached hydrogens (tertiary/aromatic N) is 5. The molecule has 290 valence electrons. The van der Waals surface area contributed by atoms with Gasteiger partial charge in [-0.25, -0.2) is 0 Å². The second kappa shape index (κ2) is 15.6. The van der Waals surface area contributed by atoms with Crippen LogP contribution < -0.4 is 25.5 Å². The molecule has 0 saturated carbocycles. The largest absolute Gasteiger partial charge is 0.497 e. The van der Waals surface area contributed by atoms with Gasteiger partial charge in [0.25, 0.3) is 11.6 Å². The highest BCUT2D eigenvalue weighted by molar-refractivity contribution is 6.91. The number of hydrogen-bond acceptors (Lipinski definition) is 10. The minimum Gasteiger partial charge on any atom is -0.497 e. The number of anilines is 2. The summed E-state index contributed by atoms with van der Waals surface area (Å²) in [6.45, 7) is 8.87. The quantitative estimate of drug-likeness (QED) is 0.0998. The lowest BCUT2D eigenvalue weighted by Crippen LogP contribution is -2.51. The summed E-state index contributed by atoms with van der Waals surface area (Å²) in [4.78, 5) is 41.5. The number of aliphatic hydroxyl groups excluding tert-OH is 1. The van der Waals surface area contributed by atoms with Crippen LogP contribution in [0, 0.1) is 22.0 Å². The molecule has 5 atom stereocenters. The Labute approximate surface area is 321 Å². The molecule has 2 saturated heterocycles. The van der Waals surface area contributed by atoms with Gasteiger partial charge in [-0.05, 0) is 67.2 Å². The van der Waals surface area contributed by atoms with Crippen LogP contribution in [0.4, 0.5) is 17.1 Å². The molecule has 4 heterocycles. The molecule has 0 bridgehead atoms. The van der Waals surface area contributed by atoms with Crippen LogP contribution in [-0.4, -0.2) is 77.8 Å². The molecule has 15 heteroatoms. The molecule has 0 radical (unpaired) electrons. The van der Waals surface area contributed by atoms with E-state index in [0.29, 0.717) is 48.6 Å². The minimum atomic E-state index is -2.46. The average molecular weight is 768 g/mol. The van der Waals surface area contributed by atoms with Crippen LogP contribution in [0.5, 0.6) is 5.75 Å². The molecular formula is C40H49N7O7Si. The Morgan fingerprint density at radius 3 is 2.60 bits per heavy atom. The molecule has 7 rings (SSSR count). The molecule has 3 aliphatic heterocycles. The molecule has 3 aromatic carbocycles. The number of piperidine rings is 1. The van der Waals surface area contributed by atoms with Gasteiger partial charge in [0.05, 0.1) is 50.1 Å². The van der Waals surface area contributed by atoms with Crippen LogP contribution in [0.1, 0.15) is 43.0 Å². The monoisotopic (exact) mass is 767 g/mol. The number of aliphatic hydroxyl groups is 1. The summed E-state index contributed by atoms with van der Waals surface area (Å²) in [6, 6.07) is 20.2. The highest BCUT2D eigenvalue weighted by Gasteiger charge is 2.66. The number of ether oxygens (including phenoxy) is 2. The summed E-state index contributed by atoms with van der Waals surface area (Å²) in [7, 11) is -0.829.